The number of benzene rings is 1. The van der Waals surface area contributed by atoms with Crippen LogP contribution >= 0.6 is 11.3 Å². The molecule has 0 bridgehead atoms. The zero-order chi connectivity index (χ0) is 13.8. The Labute approximate surface area is 116 Å². The van der Waals surface area contributed by atoms with Gasteiger partial charge in [0.25, 0.3) is 5.69 Å². The molecule has 0 saturated carbocycles. The number of hydrogen-bond acceptors (Lipinski definition) is 4. The first-order chi connectivity index (χ1) is 9.11. The number of likely N-dealkylation sites (N-methyl/N-ethyl adjacent to an activating group) is 1. The van der Waals surface area contributed by atoms with Crippen LogP contribution < -0.4 is 5.32 Å². The summed E-state index contributed by atoms with van der Waals surface area (Å²) in [4.78, 5) is 11.6. The molecule has 0 aliphatic carbocycles. The zero-order valence-corrected chi connectivity index (χ0v) is 11.7. The summed E-state index contributed by atoms with van der Waals surface area (Å²) in [5.74, 6) is 0. The molecule has 0 aliphatic rings. The van der Waals surface area contributed by atoms with Gasteiger partial charge in [-0.3, -0.25) is 10.1 Å². The summed E-state index contributed by atoms with van der Waals surface area (Å²) in [6.45, 7) is 2.10. The molecule has 0 amide bonds. The van der Waals surface area contributed by atoms with Crippen LogP contribution in [-0.2, 0) is 6.42 Å². The second kappa shape index (κ2) is 5.95. The van der Waals surface area contributed by atoms with Gasteiger partial charge in [0.2, 0.25) is 0 Å². The highest BCUT2D eigenvalue weighted by Gasteiger charge is 2.14. The van der Waals surface area contributed by atoms with Crippen LogP contribution in [0, 0.1) is 17.0 Å². The number of thiophene rings is 1. The van der Waals surface area contributed by atoms with E-state index in [1.165, 1.54) is 10.4 Å². The molecule has 19 heavy (non-hydrogen) atoms. The maximum absolute atomic E-state index is 10.6. The molecule has 1 unspecified atom stereocenters. The van der Waals surface area contributed by atoms with Gasteiger partial charge in [-0.15, -0.1) is 11.3 Å². The van der Waals surface area contributed by atoms with E-state index in [1.807, 2.05) is 19.2 Å². The van der Waals surface area contributed by atoms with E-state index < -0.39 is 0 Å². The van der Waals surface area contributed by atoms with E-state index in [1.54, 1.807) is 23.5 Å². The van der Waals surface area contributed by atoms with E-state index in [0.29, 0.717) is 0 Å². The average molecular weight is 276 g/mol. The van der Waals surface area contributed by atoms with Crippen molar-refractivity contribution in [1.29, 1.82) is 0 Å². The van der Waals surface area contributed by atoms with Gasteiger partial charge in [-0.2, -0.15) is 0 Å². The molecule has 0 radical (unpaired) electrons. The lowest BCUT2D eigenvalue weighted by molar-refractivity contribution is -0.384. The summed E-state index contributed by atoms with van der Waals surface area (Å²) < 4.78 is 0. The van der Waals surface area contributed by atoms with Crippen molar-refractivity contribution < 1.29 is 4.92 Å². The van der Waals surface area contributed by atoms with E-state index in [0.717, 1.165) is 12.0 Å². The van der Waals surface area contributed by atoms with Crippen molar-refractivity contribution in [2.24, 2.45) is 0 Å². The Morgan fingerprint density at radius 3 is 2.47 bits per heavy atom. The van der Waals surface area contributed by atoms with Crippen LogP contribution in [0.2, 0.25) is 0 Å². The first kappa shape index (κ1) is 13.7. The van der Waals surface area contributed by atoms with Crippen LogP contribution in [0.25, 0.3) is 0 Å². The van der Waals surface area contributed by atoms with Gasteiger partial charge in [-0.05, 0) is 43.0 Å². The van der Waals surface area contributed by atoms with Gasteiger partial charge >= 0.3 is 0 Å². The Bertz CT molecular complexity index is 563. The highest BCUT2D eigenvalue weighted by atomic mass is 32.1. The Kier molecular flexibility index (Phi) is 4.29. The predicted octanol–water partition coefficient (Wildman–Crippen LogP) is 3.47. The zero-order valence-electron chi connectivity index (χ0n) is 10.9. The fraction of sp³-hybridized carbons (Fsp3) is 0.286. The van der Waals surface area contributed by atoms with Gasteiger partial charge in [-0.25, -0.2) is 0 Å². The third-order valence-electron chi connectivity index (χ3n) is 3.15. The number of nitro benzene ring substituents is 1. The van der Waals surface area contributed by atoms with Crippen molar-refractivity contribution in [3.63, 3.8) is 0 Å². The summed E-state index contributed by atoms with van der Waals surface area (Å²) in [5, 5.41) is 16.0. The number of nitrogens with zero attached hydrogens (tertiary/aromatic N) is 1. The van der Waals surface area contributed by atoms with Gasteiger partial charge < -0.3 is 5.32 Å². The van der Waals surface area contributed by atoms with E-state index in [9.17, 15) is 10.1 Å². The van der Waals surface area contributed by atoms with E-state index in [4.69, 9.17) is 0 Å². The van der Waals surface area contributed by atoms with Gasteiger partial charge in [-0.1, -0.05) is 12.1 Å². The molecule has 1 aromatic carbocycles. The van der Waals surface area contributed by atoms with E-state index in [2.05, 4.69) is 23.7 Å². The minimum atomic E-state index is -0.372. The summed E-state index contributed by atoms with van der Waals surface area (Å²) >= 11 is 1.74. The lowest BCUT2D eigenvalue weighted by atomic mass is 10.0. The van der Waals surface area contributed by atoms with Crippen LogP contribution in [0.5, 0.6) is 0 Å². The number of non-ortho nitro benzene ring substituents is 1. The second-order valence-corrected chi connectivity index (χ2v) is 5.38. The van der Waals surface area contributed by atoms with Crippen molar-refractivity contribution in [2.45, 2.75) is 19.4 Å². The first-order valence-corrected chi connectivity index (χ1v) is 6.94. The molecule has 100 valence electrons. The molecule has 0 spiro atoms. The Morgan fingerprint density at radius 2 is 2.00 bits per heavy atom. The molecule has 1 N–H and O–H groups in total. The molecule has 0 aliphatic heterocycles. The lowest BCUT2D eigenvalue weighted by Gasteiger charge is -2.16. The fourth-order valence-electron chi connectivity index (χ4n) is 2.06. The van der Waals surface area contributed by atoms with Crippen LogP contribution in [0.3, 0.4) is 0 Å². The van der Waals surface area contributed by atoms with Crippen molar-refractivity contribution in [3.05, 3.63) is 61.8 Å². The molecule has 2 rings (SSSR count). The summed E-state index contributed by atoms with van der Waals surface area (Å²) in [5.41, 5.74) is 2.51. The molecule has 4 nitrogen and oxygen atoms in total. The Balaban J connectivity index is 2.15. The topological polar surface area (TPSA) is 55.2 Å². The van der Waals surface area contributed by atoms with Crippen LogP contribution in [0.15, 0.2) is 35.7 Å². The first-order valence-electron chi connectivity index (χ1n) is 6.06. The Morgan fingerprint density at radius 1 is 1.32 bits per heavy atom. The Hall–Kier alpha value is -1.72. The maximum atomic E-state index is 10.6. The van der Waals surface area contributed by atoms with Crippen LogP contribution in [0.1, 0.15) is 22.0 Å². The van der Waals surface area contributed by atoms with Crippen molar-refractivity contribution >= 4 is 17.0 Å². The molecule has 1 heterocycles. The fourth-order valence-corrected chi connectivity index (χ4v) is 3.09. The number of nitro groups is 1. The summed E-state index contributed by atoms with van der Waals surface area (Å²) in [7, 11) is 1.94. The number of rotatable bonds is 5. The van der Waals surface area contributed by atoms with Crippen LogP contribution in [-0.4, -0.2) is 12.0 Å². The molecular weight excluding hydrogens is 260 g/mol. The van der Waals surface area contributed by atoms with E-state index in [-0.39, 0.29) is 16.7 Å². The molecule has 5 heteroatoms. The monoisotopic (exact) mass is 276 g/mol. The van der Waals surface area contributed by atoms with E-state index >= 15 is 0 Å². The molecule has 0 fully saturated rings. The standard InChI is InChI=1S/C14H16N2O2S/c1-10-7-8-19-14(10)13(15-2)9-11-3-5-12(6-4-11)16(17)18/h3-8,13,15H,9H2,1-2H3. The quantitative estimate of drug-likeness (QED) is 0.672. The van der Waals surface area contributed by atoms with Crippen LogP contribution in [0.4, 0.5) is 5.69 Å². The lowest BCUT2D eigenvalue weighted by Crippen LogP contribution is -2.18. The smallest absolute Gasteiger partial charge is 0.269 e. The summed E-state index contributed by atoms with van der Waals surface area (Å²) in [6.07, 6.45) is 0.829. The third-order valence-corrected chi connectivity index (χ3v) is 4.29. The normalized spacial score (nSPS) is 12.3. The molecule has 1 aromatic heterocycles. The van der Waals surface area contributed by atoms with Gasteiger partial charge in [0.15, 0.2) is 0 Å². The molecule has 0 saturated heterocycles. The SMILES string of the molecule is CNC(Cc1ccc([N+](=O)[O-])cc1)c1sccc1C. The molecule has 2 aromatic rings. The number of aryl methyl sites for hydroxylation is 1. The number of nitrogens with one attached hydrogen (secondary N) is 1. The highest BCUT2D eigenvalue weighted by molar-refractivity contribution is 7.10. The van der Waals surface area contributed by atoms with Crippen molar-refractivity contribution in [2.75, 3.05) is 7.05 Å². The van der Waals surface area contributed by atoms with Crippen molar-refractivity contribution in [1.82, 2.24) is 5.32 Å². The maximum Gasteiger partial charge on any atom is 0.269 e. The molecular formula is C14H16N2O2S. The third kappa shape index (κ3) is 3.19. The highest BCUT2D eigenvalue weighted by Crippen LogP contribution is 2.27. The summed E-state index contributed by atoms with van der Waals surface area (Å²) in [6, 6.07) is 9.13. The predicted molar refractivity (Wildman–Crippen MR) is 77.7 cm³/mol. The van der Waals surface area contributed by atoms with Gasteiger partial charge in [0.1, 0.15) is 0 Å². The minimum absolute atomic E-state index is 0.136. The largest absolute Gasteiger partial charge is 0.312 e. The van der Waals surface area contributed by atoms with Gasteiger partial charge in [0.05, 0.1) is 4.92 Å². The second-order valence-electron chi connectivity index (χ2n) is 4.44. The minimum Gasteiger partial charge on any atom is -0.312 e. The molecule has 1 atom stereocenters. The van der Waals surface area contributed by atoms with Crippen molar-refractivity contribution in [3.8, 4) is 0 Å². The average Bonchev–Trinajstić information content (AvgIpc) is 2.83. The van der Waals surface area contributed by atoms with Gasteiger partial charge in [0, 0.05) is 23.1 Å². The number of hydrogen-bond donors (Lipinski definition) is 1.